The minimum Gasteiger partial charge on any atom is -0.485 e. The molecule has 8 heteroatoms. The van der Waals surface area contributed by atoms with Gasteiger partial charge in [-0.05, 0) is 0 Å². The van der Waals surface area contributed by atoms with Crippen LogP contribution in [0.25, 0.3) is 0 Å². The minimum absolute atomic E-state index is 0. The summed E-state index contributed by atoms with van der Waals surface area (Å²) in [5, 5.41) is 3.50. The van der Waals surface area contributed by atoms with Crippen LogP contribution in [0.1, 0.15) is 0 Å². The smallest absolute Gasteiger partial charge is 0.268 e. The lowest BCUT2D eigenvalue weighted by atomic mass is 10.4. The van der Waals surface area contributed by atoms with Gasteiger partial charge in [0.05, 0.1) is 0 Å². The number of fused-ring (bicyclic) bond motifs is 1. The maximum Gasteiger partial charge on any atom is 0.268 e. The average molecular weight is 253 g/mol. The fourth-order valence-corrected chi connectivity index (χ4v) is 2.48. The number of rotatable bonds is 2. The Bertz CT molecular complexity index is 426. The fraction of sp³-hybridized carbons (Fsp3) is 0.429. The Hall–Kier alpha value is -0.830. The highest BCUT2D eigenvalue weighted by molar-refractivity contribution is 7.85. The van der Waals surface area contributed by atoms with Crippen molar-refractivity contribution in [3.8, 4) is 11.5 Å². The van der Waals surface area contributed by atoms with Crippen LogP contribution in [0.3, 0.4) is 0 Å². The van der Waals surface area contributed by atoms with E-state index in [-0.39, 0.29) is 12.8 Å². The van der Waals surface area contributed by atoms with Crippen LogP contribution >= 0.6 is 11.3 Å². The SMILES string of the molecule is N.O=S(=O)(O)CC1COc2cscc2O1. The normalized spacial score (nSPS) is 19.4. The second-order valence-electron chi connectivity index (χ2n) is 2.90. The topological polar surface area (TPSA) is 108 Å². The van der Waals surface area contributed by atoms with Crippen LogP contribution in [0.4, 0.5) is 0 Å². The van der Waals surface area contributed by atoms with Gasteiger partial charge in [-0.2, -0.15) is 8.42 Å². The first-order valence-electron chi connectivity index (χ1n) is 3.85. The van der Waals surface area contributed by atoms with Gasteiger partial charge in [0.2, 0.25) is 0 Å². The lowest BCUT2D eigenvalue weighted by Gasteiger charge is -2.23. The van der Waals surface area contributed by atoms with Crippen LogP contribution in [-0.2, 0) is 10.1 Å². The molecule has 1 aliphatic rings. The molecule has 2 heterocycles. The van der Waals surface area contributed by atoms with Gasteiger partial charge in [0.25, 0.3) is 10.1 Å². The van der Waals surface area contributed by atoms with E-state index >= 15 is 0 Å². The number of ether oxygens (including phenoxy) is 2. The number of hydrogen-bond acceptors (Lipinski definition) is 6. The molecule has 0 amide bonds. The van der Waals surface area contributed by atoms with Gasteiger partial charge in [0.1, 0.15) is 18.5 Å². The molecule has 86 valence electrons. The van der Waals surface area contributed by atoms with Gasteiger partial charge in [-0.3, -0.25) is 4.55 Å². The largest absolute Gasteiger partial charge is 0.485 e. The Morgan fingerprint density at radius 3 is 2.80 bits per heavy atom. The van der Waals surface area contributed by atoms with E-state index in [0.29, 0.717) is 11.5 Å². The molecule has 1 aromatic rings. The van der Waals surface area contributed by atoms with E-state index in [9.17, 15) is 8.42 Å². The lowest BCUT2D eigenvalue weighted by molar-refractivity contribution is 0.106. The third-order valence-corrected chi connectivity index (χ3v) is 3.20. The Morgan fingerprint density at radius 1 is 1.47 bits per heavy atom. The summed E-state index contributed by atoms with van der Waals surface area (Å²) >= 11 is 1.41. The Morgan fingerprint density at radius 2 is 2.13 bits per heavy atom. The lowest BCUT2D eigenvalue weighted by Crippen LogP contribution is -2.34. The van der Waals surface area contributed by atoms with E-state index in [1.807, 2.05) is 0 Å². The highest BCUT2D eigenvalue weighted by Crippen LogP contribution is 2.35. The highest BCUT2D eigenvalue weighted by atomic mass is 32.2. The first kappa shape index (κ1) is 12.2. The van der Waals surface area contributed by atoms with Crippen LogP contribution in [0.15, 0.2) is 10.8 Å². The molecule has 0 aliphatic carbocycles. The van der Waals surface area contributed by atoms with E-state index in [1.54, 1.807) is 10.8 Å². The molecule has 1 atom stereocenters. The Balaban J connectivity index is 0.00000112. The molecule has 0 bridgehead atoms. The summed E-state index contributed by atoms with van der Waals surface area (Å²) in [7, 11) is -4.01. The zero-order valence-electron chi connectivity index (χ0n) is 7.75. The van der Waals surface area contributed by atoms with Gasteiger partial charge < -0.3 is 15.6 Å². The van der Waals surface area contributed by atoms with Gasteiger partial charge >= 0.3 is 0 Å². The molecule has 0 aromatic carbocycles. The summed E-state index contributed by atoms with van der Waals surface area (Å²) in [5.41, 5.74) is 0. The predicted molar refractivity (Wildman–Crippen MR) is 55.7 cm³/mol. The Labute approximate surface area is 91.2 Å². The van der Waals surface area contributed by atoms with Crippen LogP contribution in [-0.4, -0.2) is 31.4 Å². The molecular formula is C7H11NO5S2. The highest BCUT2D eigenvalue weighted by Gasteiger charge is 2.25. The summed E-state index contributed by atoms with van der Waals surface area (Å²) in [4.78, 5) is 0. The van der Waals surface area contributed by atoms with Crippen molar-refractivity contribution in [3.05, 3.63) is 10.8 Å². The molecule has 0 saturated heterocycles. The second-order valence-corrected chi connectivity index (χ2v) is 5.14. The van der Waals surface area contributed by atoms with Crippen molar-refractivity contribution >= 4 is 21.5 Å². The van der Waals surface area contributed by atoms with E-state index < -0.39 is 22.0 Å². The molecule has 15 heavy (non-hydrogen) atoms. The monoisotopic (exact) mass is 253 g/mol. The standard InChI is InChI=1S/C7H8O5S2.H3N/c8-14(9,10)4-5-1-11-6-2-13-3-7(6)12-5;/h2-3,5H,1,4H2,(H,8,9,10);1H3. The first-order chi connectivity index (χ1) is 6.54. The zero-order valence-corrected chi connectivity index (χ0v) is 9.38. The minimum atomic E-state index is -4.01. The molecule has 0 radical (unpaired) electrons. The summed E-state index contributed by atoms with van der Waals surface area (Å²) in [6.07, 6.45) is -0.632. The van der Waals surface area contributed by atoms with Gasteiger partial charge in [-0.25, -0.2) is 0 Å². The van der Waals surface area contributed by atoms with Crippen molar-refractivity contribution < 1.29 is 22.4 Å². The van der Waals surface area contributed by atoms with Crippen molar-refractivity contribution in [2.24, 2.45) is 0 Å². The van der Waals surface area contributed by atoms with Crippen LogP contribution < -0.4 is 15.6 Å². The van der Waals surface area contributed by atoms with E-state index in [2.05, 4.69) is 0 Å². The van der Waals surface area contributed by atoms with Crippen molar-refractivity contribution in [2.45, 2.75) is 6.10 Å². The van der Waals surface area contributed by atoms with Gasteiger partial charge in [0.15, 0.2) is 11.5 Å². The quantitative estimate of drug-likeness (QED) is 0.759. The summed E-state index contributed by atoms with van der Waals surface area (Å²) in [6.45, 7) is 0.142. The third-order valence-electron chi connectivity index (χ3n) is 1.71. The Kier molecular flexibility index (Phi) is 3.55. The molecule has 0 spiro atoms. The molecule has 4 N–H and O–H groups in total. The molecule has 1 aromatic heterocycles. The average Bonchev–Trinajstić information content (AvgIpc) is 2.47. The summed E-state index contributed by atoms with van der Waals surface area (Å²) < 4.78 is 40.3. The first-order valence-corrected chi connectivity index (χ1v) is 6.40. The predicted octanol–water partition coefficient (Wildman–Crippen LogP) is 0.938. The van der Waals surface area contributed by atoms with Gasteiger partial charge in [-0.1, -0.05) is 0 Å². The molecule has 1 unspecified atom stereocenters. The van der Waals surface area contributed by atoms with Crippen molar-refractivity contribution in [3.63, 3.8) is 0 Å². The maximum absolute atomic E-state index is 10.6. The fourth-order valence-electron chi connectivity index (χ4n) is 1.18. The number of thiophene rings is 1. The van der Waals surface area contributed by atoms with Crippen LogP contribution in [0.5, 0.6) is 11.5 Å². The molecule has 6 nitrogen and oxygen atoms in total. The third kappa shape index (κ3) is 3.06. The zero-order chi connectivity index (χ0) is 10.2. The van der Waals surface area contributed by atoms with E-state index in [0.717, 1.165) is 0 Å². The molecule has 0 saturated carbocycles. The summed E-state index contributed by atoms with van der Waals surface area (Å²) in [6, 6.07) is 0. The second kappa shape index (κ2) is 4.35. The summed E-state index contributed by atoms with van der Waals surface area (Å²) in [5.74, 6) is 0.721. The van der Waals surface area contributed by atoms with E-state index in [1.165, 1.54) is 11.3 Å². The number of hydrogen-bond donors (Lipinski definition) is 2. The molecule has 0 fully saturated rings. The maximum atomic E-state index is 10.6. The van der Waals surface area contributed by atoms with E-state index in [4.69, 9.17) is 14.0 Å². The molecule has 2 rings (SSSR count). The van der Waals surface area contributed by atoms with Crippen LogP contribution in [0.2, 0.25) is 0 Å². The van der Waals surface area contributed by atoms with Crippen molar-refractivity contribution in [1.29, 1.82) is 0 Å². The van der Waals surface area contributed by atoms with Crippen molar-refractivity contribution in [2.75, 3.05) is 12.4 Å². The molecular weight excluding hydrogens is 242 g/mol. The van der Waals surface area contributed by atoms with Crippen molar-refractivity contribution in [1.82, 2.24) is 6.15 Å². The van der Waals surface area contributed by atoms with Crippen LogP contribution in [0, 0.1) is 0 Å². The van der Waals surface area contributed by atoms with Gasteiger partial charge in [-0.15, -0.1) is 11.3 Å². The molecule has 1 aliphatic heterocycles. The van der Waals surface area contributed by atoms with Gasteiger partial charge in [0, 0.05) is 10.8 Å².